The summed E-state index contributed by atoms with van der Waals surface area (Å²) in [6.45, 7) is 4.68. The third-order valence-electron chi connectivity index (χ3n) is 4.06. The van der Waals surface area contributed by atoms with Gasteiger partial charge in [0.15, 0.2) is 0 Å². The highest BCUT2D eigenvalue weighted by molar-refractivity contribution is 5.66. The number of fused-ring (bicyclic) bond motifs is 2. The zero-order valence-electron chi connectivity index (χ0n) is 10.1. The molecule has 2 aliphatic heterocycles. The summed E-state index contributed by atoms with van der Waals surface area (Å²) in [5, 5.41) is 8.62. The molecule has 0 amide bonds. The molecule has 0 aromatic carbocycles. The van der Waals surface area contributed by atoms with Gasteiger partial charge in [-0.2, -0.15) is 0 Å². The molecule has 3 atom stereocenters. The number of nitrogens with zero attached hydrogens (tertiary/aromatic N) is 2. The molecule has 4 heteroatoms. The van der Waals surface area contributed by atoms with Crippen LogP contribution in [0.25, 0.3) is 0 Å². The van der Waals surface area contributed by atoms with Crippen LogP contribution in [0.15, 0.2) is 0 Å². The van der Waals surface area contributed by atoms with Crippen LogP contribution in [0.5, 0.6) is 0 Å². The zero-order valence-corrected chi connectivity index (χ0v) is 10.1. The molecule has 2 aliphatic rings. The summed E-state index contributed by atoms with van der Waals surface area (Å²) in [6, 6.07) is 0.688. The predicted octanol–water partition coefficient (Wildman–Crippen LogP) is 0.877. The van der Waals surface area contributed by atoms with Gasteiger partial charge in [-0.05, 0) is 51.9 Å². The van der Waals surface area contributed by atoms with Gasteiger partial charge in [0.05, 0.1) is 0 Å². The van der Waals surface area contributed by atoms with Crippen molar-refractivity contribution in [1.29, 1.82) is 0 Å². The summed E-state index contributed by atoms with van der Waals surface area (Å²) >= 11 is 0. The van der Waals surface area contributed by atoms with Crippen LogP contribution in [0.1, 0.15) is 25.7 Å². The maximum absolute atomic E-state index is 10.5. The van der Waals surface area contributed by atoms with E-state index in [1.54, 1.807) is 0 Å². The topological polar surface area (TPSA) is 43.8 Å². The highest BCUT2D eigenvalue weighted by atomic mass is 16.4. The molecule has 0 spiro atoms. The van der Waals surface area contributed by atoms with Gasteiger partial charge in [0.1, 0.15) is 0 Å². The lowest BCUT2D eigenvalue weighted by molar-refractivity contribution is -0.137. The van der Waals surface area contributed by atoms with Crippen molar-refractivity contribution >= 4 is 5.97 Å². The van der Waals surface area contributed by atoms with E-state index in [9.17, 15) is 4.79 Å². The van der Waals surface area contributed by atoms with Crippen molar-refractivity contribution < 1.29 is 9.90 Å². The Balaban J connectivity index is 1.75. The predicted molar refractivity (Wildman–Crippen MR) is 62.5 cm³/mol. The molecule has 1 N–H and O–H groups in total. The Morgan fingerprint density at radius 2 is 2.19 bits per heavy atom. The van der Waals surface area contributed by atoms with Crippen LogP contribution < -0.4 is 0 Å². The lowest BCUT2D eigenvalue weighted by atomic mass is 9.93. The summed E-state index contributed by atoms with van der Waals surface area (Å²) in [5.74, 6) is 0.146. The van der Waals surface area contributed by atoms with Gasteiger partial charge in [0.25, 0.3) is 0 Å². The average molecular weight is 226 g/mol. The molecule has 2 bridgehead atoms. The molecule has 3 unspecified atom stereocenters. The lowest BCUT2D eigenvalue weighted by Gasteiger charge is -2.36. The Kier molecular flexibility index (Phi) is 3.82. The van der Waals surface area contributed by atoms with E-state index >= 15 is 0 Å². The van der Waals surface area contributed by atoms with E-state index in [4.69, 9.17) is 5.11 Å². The largest absolute Gasteiger partial charge is 0.481 e. The normalized spacial score (nSPS) is 33.2. The van der Waals surface area contributed by atoms with E-state index < -0.39 is 5.97 Å². The van der Waals surface area contributed by atoms with E-state index in [-0.39, 0.29) is 0 Å². The molecule has 0 saturated carbocycles. The van der Waals surface area contributed by atoms with Crippen molar-refractivity contribution in [1.82, 2.24) is 9.80 Å². The number of carbonyl (C=O) groups is 1. The molecule has 0 radical (unpaired) electrons. The fourth-order valence-electron chi connectivity index (χ4n) is 3.16. The van der Waals surface area contributed by atoms with Gasteiger partial charge in [-0.1, -0.05) is 0 Å². The van der Waals surface area contributed by atoms with Crippen LogP contribution in [-0.2, 0) is 4.79 Å². The molecule has 4 nitrogen and oxygen atoms in total. The average Bonchev–Trinajstić information content (AvgIpc) is 2.60. The van der Waals surface area contributed by atoms with Crippen molar-refractivity contribution in [3.63, 3.8) is 0 Å². The second-order valence-corrected chi connectivity index (χ2v) is 5.18. The Bertz CT molecular complexity index is 257. The Morgan fingerprint density at radius 3 is 2.94 bits per heavy atom. The van der Waals surface area contributed by atoms with E-state index in [1.807, 2.05) is 0 Å². The van der Waals surface area contributed by atoms with Gasteiger partial charge in [-0.3, -0.25) is 4.79 Å². The van der Waals surface area contributed by atoms with Gasteiger partial charge < -0.3 is 14.9 Å². The van der Waals surface area contributed by atoms with E-state index in [0.29, 0.717) is 12.5 Å². The summed E-state index contributed by atoms with van der Waals surface area (Å²) in [4.78, 5) is 15.4. The van der Waals surface area contributed by atoms with Crippen LogP contribution in [0.2, 0.25) is 0 Å². The quantitative estimate of drug-likeness (QED) is 0.755. The molecular formula is C12H22N2O2. The van der Waals surface area contributed by atoms with Crippen molar-refractivity contribution in [3.05, 3.63) is 0 Å². The molecule has 0 aromatic heterocycles. The third-order valence-corrected chi connectivity index (χ3v) is 4.06. The van der Waals surface area contributed by atoms with Gasteiger partial charge in [0, 0.05) is 19.0 Å². The Hall–Kier alpha value is -0.610. The second-order valence-electron chi connectivity index (χ2n) is 5.18. The summed E-state index contributed by atoms with van der Waals surface area (Å²) in [5.41, 5.74) is 0. The summed E-state index contributed by atoms with van der Waals surface area (Å²) < 4.78 is 0. The number of hydrogen-bond donors (Lipinski definition) is 1. The second kappa shape index (κ2) is 5.15. The molecular weight excluding hydrogens is 204 g/mol. The minimum absolute atomic E-state index is 0.299. The minimum atomic E-state index is -0.677. The number of aliphatic carboxylic acids is 1. The lowest BCUT2D eigenvalue weighted by Crippen LogP contribution is -2.45. The maximum atomic E-state index is 10.5. The SMILES string of the molecule is CN(CCCC(=O)O)C1CCN2CCC1C2. The molecule has 0 aliphatic carbocycles. The summed E-state index contributed by atoms with van der Waals surface area (Å²) in [7, 11) is 2.15. The monoisotopic (exact) mass is 226 g/mol. The third kappa shape index (κ3) is 2.74. The van der Waals surface area contributed by atoms with E-state index in [1.165, 1.54) is 32.5 Å². The first-order valence-electron chi connectivity index (χ1n) is 6.31. The van der Waals surface area contributed by atoms with Gasteiger partial charge >= 0.3 is 5.97 Å². The van der Waals surface area contributed by atoms with Gasteiger partial charge in [-0.25, -0.2) is 0 Å². The fourth-order valence-corrected chi connectivity index (χ4v) is 3.16. The minimum Gasteiger partial charge on any atom is -0.481 e. The Morgan fingerprint density at radius 1 is 1.44 bits per heavy atom. The van der Waals surface area contributed by atoms with Crippen LogP contribution in [0, 0.1) is 5.92 Å². The van der Waals surface area contributed by atoms with Crippen LogP contribution in [0.4, 0.5) is 0 Å². The molecule has 16 heavy (non-hydrogen) atoms. The molecule has 2 fully saturated rings. The first kappa shape index (κ1) is 11.9. The number of hydrogen-bond acceptors (Lipinski definition) is 3. The molecule has 92 valence electrons. The van der Waals surface area contributed by atoms with Crippen molar-refractivity contribution in [2.75, 3.05) is 33.2 Å². The number of carboxylic acid groups (broad SMARTS) is 1. The number of carboxylic acids is 1. The maximum Gasteiger partial charge on any atom is 0.303 e. The zero-order chi connectivity index (χ0) is 11.5. The standard InChI is InChI=1S/C12H22N2O2/c1-13(6-2-3-12(15)16)11-5-8-14-7-4-10(11)9-14/h10-11H,2-9H2,1H3,(H,15,16). The number of piperidine rings is 1. The Labute approximate surface area is 97.2 Å². The van der Waals surface area contributed by atoms with Crippen LogP contribution in [0.3, 0.4) is 0 Å². The van der Waals surface area contributed by atoms with Crippen molar-refractivity contribution in [3.8, 4) is 0 Å². The van der Waals surface area contributed by atoms with Crippen molar-refractivity contribution in [2.45, 2.75) is 31.7 Å². The fraction of sp³-hybridized carbons (Fsp3) is 0.917. The highest BCUT2D eigenvalue weighted by Gasteiger charge is 2.35. The van der Waals surface area contributed by atoms with E-state index in [2.05, 4.69) is 16.8 Å². The molecule has 2 heterocycles. The van der Waals surface area contributed by atoms with Crippen LogP contribution >= 0.6 is 0 Å². The first-order chi connectivity index (χ1) is 7.66. The highest BCUT2D eigenvalue weighted by Crippen LogP contribution is 2.30. The summed E-state index contributed by atoms with van der Waals surface area (Å²) in [6.07, 6.45) is 3.66. The van der Waals surface area contributed by atoms with Crippen molar-refractivity contribution in [2.24, 2.45) is 5.92 Å². The molecule has 0 aromatic rings. The van der Waals surface area contributed by atoms with Crippen LogP contribution in [-0.4, -0.2) is 60.1 Å². The number of rotatable bonds is 5. The van der Waals surface area contributed by atoms with Gasteiger partial charge in [-0.15, -0.1) is 0 Å². The smallest absolute Gasteiger partial charge is 0.303 e. The molecule has 2 saturated heterocycles. The molecule has 2 rings (SSSR count). The van der Waals surface area contributed by atoms with Gasteiger partial charge in [0.2, 0.25) is 0 Å². The van der Waals surface area contributed by atoms with E-state index in [0.717, 1.165) is 18.9 Å². The first-order valence-corrected chi connectivity index (χ1v) is 6.31.